The van der Waals surface area contributed by atoms with Crippen LogP contribution in [-0.4, -0.2) is 49.1 Å². The van der Waals surface area contributed by atoms with E-state index in [0.29, 0.717) is 18.1 Å². The summed E-state index contributed by atoms with van der Waals surface area (Å²) in [5, 5.41) is 3.44. The van der Waals surface area contributed by atoms with Crippen molar-refractivity contribution in [3.05, 3.63) is 65.7 Å². The number of nitrogens with zero attached hydrogens (tertiary/aromatic N) is 1. The van der Waals surface area contributed by atoms with Crippen LogP contribution in [0.5, 0.6) is 5.75 Å². The summed E-state index contributed by atoms with van der Waals surface area (Å²) in [5.41, 5.74) is 2.67. The number of likely N-dealkylation sites (tertiary alicyclic amines) is 1. The summed E-state index contributed by atoms with van der Waals surface area (Å²) in [5.74, 6) is 2.05. The van der Waals surface area contributed by atoms with E-state index in [1.807, 2.05) is 12.1 Å². The van der Waals surface area contributed by atoms with Gasteiger partial charge in [-0.25, -0.2) is 0 Å². The molecule has 2 aromatic rings. The third kappa shape index (κ3) is 7.30. The Kier molecular flexibility index (Phi) is 8.76. The molecule has 1 heterocycles. The highest BCUT2D eigenvalue weighted by molar-refractivity contribution is 5.76. The Bertz CT molecular complexity index is 1130. The number of aryl methyl sites for hydroxylation is 1. The number of unbranched alkanes of at least 4 members (excludes halogenated alkanes) is 2. The molecule has 1 saturated heterocycles. The van der Waals surface area contributed by atoms with E-state index < -0.39 is 0 Å². The van der Waals surface area contributed by atoms with Gasteiger partial charge in [0.2, 0.25) is 5.91 Å². The average molecular weight is 532 g/mol. The summed E-state index contributed by atoms with van der Waals surface area (Å²) in [4.78, 5) is 24.7. The zero-order valence-corrected chi connectivity index (χ0v) is 24.0. The Morgan fingerprint density at radius 3 is 2.59 bits per heavy atom. The molecule has 2 aliphatic carbocycles. The van der Waals surface area contributed by atoms with Crippen molar-refractivity contribution in [2.75, 3.05) is 26.7 Å². The fourth-order valence-corrected chi connectivity index (χ4v) is 7.53. The molecule has 1 N–H and O–H groups in total. The molecule has 1 aliphatic heterocycles. The number of hydrogen-bond acceptors (Lipinski definition) is 3. The molecule has 0 aromatic heterocycles. The highest BCUT2D eigenvalue weighted by Crippen LogP contribution is 2.51. The number of ether oxygens (including phenoxy) is 1. The van der Waals surface area contributed by atoms with Gasteiger partial charge in [0.05, 0.1) is 26.7 Å². The molecule has 0 radical (unpaired) electrons. The average Bonchev–Trinajstić information content (AvgIpc) is 3.72. The molecule has 4 atom stereocenters. The molecule has 5 nitrogen and oxygen atoms in total. The number of esters is 1. The number of nitrogens with one attached hydrogen (secondary N) is 1. The number of hydrogen-bond donors (Lipinski definition) is 1. The fraction of sp³-hybridized carbons (Fsp3) is 0.588. The maximum Gasteiger partial charge on any atom is 0.308 e. The second-order valence-electron chi connectivity index (χ2n) is 13.0. The molecule has 1 unspecified atom stereocenters. The van der Waals surface area contributed by atoms with Crippen molar-refractivity contribution >= 4 is 11.9 Å². The van der Waals surface area contributed by atoms with E-state index in [1.165, 1.54) is 55.0 Å². The first-order chi connectivity index (χ1) is 18.8. The first-order valence-corrected chi connectivity index (χ1v) is 15.3. The predicted octanol–water partition coefficient (Wildman–Crippen LogP) is 6.20. The quantitative estimate of drug-likeness (QED) is 0.163. The lowest BCUT2D eigenvalue weighted by molar-refractivity contribution is -0.921. The molecule has 1 amide bonds. The van der Waals surface area contributed by atoms with Crippen molar-refractivity contribution in [3.8, 4) is 5.75 Å². The van der Waals surface area contributed by atoms with Gasteiger partial charge in [-0.15, -0.1) is 0 Å². The first kappa shape index (κ1) is 27.9. The molecule has 3 aliphatic rings. The standard InChI is InChI=1S/C34H46N2O3/c1-26(37)39-32-14-9-13-29(22-32)34-20-21-36(2,24-28-16-17-28)25-30(34)18-19-31(23-34)35-33(38)15-8-4-7-12-27-10-5-3-6-11-27/h3,5-6,9-11,13-14,22,28,30-31H,4,7-8,12,15-21,23-25H2,1-2H3/p+1/t30?,31-,34-,36+/m0/s1. The summed E-state index contributed by atoms with van der Waals surface area (Å²) in [7, 11) is 2.46. The van der Waals surface area contributed by atoms with Crippen molar-refractivity contribution in [1.29, 1.82) is 0 Å². The molecule has 2 aromatic carbocycles. The molecular weight excluding hydrogens is 484 g/mol. The smallest absolute Gasteiger partial charge is 0.308 e. The molecule has 5 heteroatoms. The van der Waals surface area contributed by atoms with Crippen LogP contribution in [0, 0.1) is 11.8 Å². The number of carbonyl (C=O) groups is 2. The highest BCUT2D eigenvalue weighted by Gasteiger charge is 2.53. The minimum Gasteiger partial charge on any atom is -0.427 e. The van der Waals surface area contributed by atoms with Crippen LogP contribution >= 0.6 is 0 Å². The van der Waals surface area contributed by atoms with Gasteiger partial charge in [-0.3, -0.25) is 9.59 Å². The number of piperidine rings is 1. The van der Waals surface area contributed by atoms with Crippen molar-refractivity contribution in [3.63, 3.8) is 0 Å². The summed E-state index contributed by atoms with van der Waals surface area (Å²) < 4.78 is 6.68. The molecule has 5 rings (SSSR count). The number of benzene rings is 2. The van der Waals surface area contributed by atoms with Crippen LogP contribution < -0.4 is 10.1 Å². The third-order valence-corrected chi connectivity index (χ3v) is 9.66. The monoisotopic (exact) mass is 531 g/mol. The normalized spacial score (nSPS) is 28.4. The van der Waals surface area contributed by atoms with E-state index in [-0.39, 0.29) is 23.3 Å². The zero-order chi connectivity index (χ0) is 27.3. The van der Waals surface area contributed by atoms with Gasteiger partial charge in [-0.2, -0.15) is 0 Å². The fourth-order valence-electron chi connectivity index (χ4n) is 7.53. The molecule has 39 heavy (non-hydrogen) atoms. The second-order valence-corrected chi connectivity index (χ2v) is 13.0. The molecule has 2 saturated carbocycles. The number of carbonyl (C=O) groups excluding carboxylic acids is 2. The van der Waals surface area contributed by atoms with Crippen molar-refractivity contribution in [2.24, 2.45) is 11.8 Å². The van der Waals surface area contributed by atoms with E-state index in [2.05, 4.69) is 54.8 Å². The largest absolute Gasteiger partial charge is 0.427 e. The lowest BCUT2D eigenvalue weighted by Crippen LogP contribution is -2.62. The number of fused-ring (bicyclic) bond motifs is 1. The van der Waals surface area contributed by atoms with E-state index in [0.717, 1.165) is 57.3 Å². The minimum atomic E-state index is -0.281. The lowest BCUT2D eigenvalue weighted by Gasteiger charge is -2.55. The predicted molar refractivity (Wildman–Crippen MR) is 155 cm³/mol. The summed E-state index contributed by atoms with van der Waals surface area (Å²) in [6.45, 7) is 5.15. The SMILES string of the molecule is CC(=O)Oc1cccc([C@@]23CC[N@+](C)(CC4CC4)CC2CC[C@H](NC(=O)CCCCCc2ccccc2)C3)c1. The van der Waals surface area contributed by atoms with Crippen LogP contribution in [0.15, 0.2) is 54.6 Å². The highest BCUT2D eigenvalue weighted by atomic mass is 16.5. The van der Waals surface area contributed by atoms with Gasteiger partial charge in [0, 0.05) is 43.1 Å². The van der Waals surface area contributed by atoms with E-state index >= 15 is 0 Å². The summed E-state index contributed by atoms with van der Waals surface area (Å²) in [6, 6.07) is 19.0. The van der Waals surface area contributed by atoms with Gasteiger partial charge in [-0.05, 0) is 74.6 Å². The minimum absolute atomic E-state index is 0.0172. The van der Waals surface area contributed by atoms with E-state index in [4.69, 9.17) is 4.74 Å². The maximum absolute atomic E-state index is 13.0. The van der Waals surface area contributed by atoms with E-state index in [1.54, 1.807) is 0 Å². The Labute approximate surface area is 234 Å². The van der Waals surface area contributed by atoms with Gasteiger partial charge in [-0.1, -0.05) is 48.9 Å². The summed E-state index contributed by atoms with van der Waals surface area (Å²) >= 11 is 0. The Morgan fingerprint density at radius 1 is 1.00 bits per heavy atom. The van der Waals surface area contributed by atoms with Crippen molar-refractivity contribution in [2.45, 2.75) is 89.0 Å². The van der Waals surface area contributed by atoms with Crippen LogP contribution in [-0.2, 0) is 21.4 Å². The topological polar surface area (TPSA) is 55.4 Å². The first-order valence-electron chi connectivity index (χ1n) is 15.3. The second kappa shape index (κ2) is 12.2. The third-order valence-electron chi connectivity index (χ3n) is 9.66. The van der Waals surface area contributed by atoms with E-state index in [9.17, 15) is 9.59 Å². The van der Waals surface area contributed by atoms with Gasteiger partial charge in [0.25, 0.3) is 0 Å². The maximum atomic E-state index is 13.0. The zero-order valence-electron chi connectivity index (χ0n) is 24.0. The van der Waals surface area contributed by atoms with Crippen LogP contribution in [0.3, 0.4) is 0 Å². The number of amides is 1. The van der Waals surface area contributed by atoms with Gasteiger partial charge in [0.15, 0.2) is 0 Å². The van der Waals surface area contributed by atoms with Crippen LogP contribution in [0.4, 0.5) is 0 Å². The Morgan fingerprint density at radius 2 is 1.82 bits per heavy atom. The van der Waals surface area contributed by atoms with Gasteiger partial charge in [0.1, 0.15) is 5.75 Å². The number of rotatable bonds is 11. The van der Waals surface area contributed by atoms with Gasteiger partial charge >= 0.3 is 5.97 Å². The molecule has 0 bridgehead atoms. The van der Waals surface area contributed by atoms with Crippen molar-refractivity contribution < 1.29 is 18.8 Å². The summed E-state index contributed by atoms with van der Waals surface area (Å²) in [6.07, 6.45) is 11.9. The number of quaternary nitrogens is 1. The lowest BCUT2D eigenvalue weighted by atomic mass is 9.57. The van der Waals surface area contributed by atoms with Crippen LogP contribution in [0.2, 0.25) is 0 Å². The molecule has 210 valence electrons. The molecule has 3 fully saturated rings. The molecular formula is C34H47N2O3+. The van der Waals surface area contributed by atoms with Gasteiger partial charge < -0.3 is 14.5 Å². The Hall–Kier alpha value is -2.66. The molecule has 0 spiro atoms. The van der Waals surface area contributed by atoms with Crippen molar-refractivity contribution in [1.82, 2.24) is 5.32 Å². The van der Waals surface area contributed by atoms with Crippen LogP contribution in [0.1, 0.15) is 82.3 Å². The Balaban J connectivity index is 1.22. The van der Waals surface area contributed by atoms with Crippen LogP contribution in [0.25, 0.3) is 0 Å².